The van der Waals surface area contributed by atoms with E-state index in [9.17, 15) is 14.0 Å². The quantitative estimate of drug-likeness (QED) is 0.531. The summed E-state index contributed by atoms with van der Waals surface area (Å²) in [5, 5.41) is 7.17. The molecule has 0 fully saturated rings. The molecule has 158 valence electrons. The van der Waals surface area contributed by atoms with Gasteiger partial charge in [0.1, 0.15) is 23.1 Å². The van der Waals surface area contributed by atoms with Crippen molar-refractivity contribution in [3.63, 3.8) is 0 Å². The van der Waals surface area contributed by atoms with Crippen LogP contribution in [0.2, 0.25) is 5.02 Å². The fourth-order valence-electron chi connectivity index (χ4n) is 2.92. The number of hydrogen-bond donors (Lipinski definition) is 1. The van der Waals surface area contributed by atoms with Crippen molar-refractivity contribution in [2.75, 3.05) is 19.1 Å². The molecule has 1 N–H and O–H groups in total. The van der Waals surface area contributed by atoms with Gasteiger partial charge in [0.2, 0.25) is 0 Å². The lowest BCUT2D eigenvalue weighted by Crippen LogP contribution is -2.42. The molecular weight excluding hydrogens is 431 g/mol. The molecule has 3 aromatic rings. The van der Waals surface area contributed by atoms with Gasteiger partial charge < -0.3 is 14.6 Å². The molecule has 1 atom stereocenters. The molecule has 0 spiro atoms. The van der Waals surface area contributed by atoms with E-state index in [4.69, 9.17) is 16.3 Å². The Morgan fingerprint density at radius 1 is 1.33 bits per heavy atom. The predicted octanol–water partition coefficient (Wildman–Crippen LogP) is 3.48. The van der Waals surface area contributed by atoms with Gasteiger partial charge >= 0.3 is 5.97 Å². The Morgan fingerprint density at radius 2 is 2.07 bits per heavy atom. The van der Waals surface area contributed by atoms with Crippen molar-refractivity contribution in [3.05, 3.63) is 65.3 Å². The van der Waals surface area contributed by atoms with Crippen molar-refractivity contribution in [1.82, 2.24) is 19.7 Å². The lowest BCUT2D eigenvalue weighted by Gasteiger charge is -2.17. The number of halogens is 2. The Labute approximate surface area is 182 Å². The third-order valence-corrected chi connectivity index (χ3v) is 5.26. The van der Waals surface area contributed by atoms with E-state index in [1.165, 1.54) is 36.2 Å². The molecule has 7 nitrogen and oxygen atoms in total. The van der Waals surface area contributed by atoms with Gasteiger partial charge in [-0.25, -0.2) is 13.9 Å². The number of hydrogen-bond acceptors (Lipinski definition) is 5. The maximum absolute atomic E-state index is 14.6. The Morgan fingerprint density at radius 3 is 2.70 bits per heavy atom. The molecule has 0 unspecified atom stereocenters. The first-order valence-corrected chi connectivity index (χ1v) is 10.8. The lowest BCUT2D eigenvalue weighted by atomic mass is 10.2. The summed E-state index contributed by atoms with van der Waals surface area (Å²) in [5.41, 5.74) is 0.313. The van der Waals surface area contributed by atoms with Gasteiger partial charge in [0, 0.05) is 17.4 Å². The van der Waals surface area contributed by atoms with E-state index in [-0.39, 0.29) is 16.3 Å². The van der Waals surface area contributed by atoms with Crippen molar-refractivity contribution in [2.45, 2.75) is 12.5 Å². The molecule has 1 amide bonds. The number of esters is 1. The van der Waals surface area contributed by atoms with Crippen LogP contribution < -0.4 is 5.32 Å². The third kappa shape index (κ3) is 4.68. The third-order valence-electron chi connectivity index (χ3n) is 4.38. The van der Waals surface area contributed by atoms with Crippen LogP contribution in [-0.4, -0.2) is 51.4 Å². The Balaban J connectivity index is 2.02. The SMILES string of the molecule is COC(=O)[C@@H](CCSC)NC(=O)c1cnn(-c2ccc(Cl)cc2F)c1-n1cccc1. The maximum atomic E-state index is 14.6. The number of nitrogens with one attached hydrogen (secondary N) is 1. The smallest absolute Gasteiger partial charge is 0.328 e. The van der Waals surface area contributed by atoms with Gasteiger partial charge in [-0.05, 0) is 48.8 Å². The number of ether oxygens (including phenoxy) is 1. The van der Waals surface area contributed by atoms with Crippen LogP contribution >= 0.6 is 23.4 Å². The molecule has 10 heteroatoms. The second-order valence-electron chi connectivity index (χ2n) is 6.31. The first-order chi connectivity index (χ1) is 14.5. The summed E-state index contributed by atoms with van der Waals surface area (Å²) in [6.07, 6.45) is 7.08. The lowest BCUT2D eigenvalue weighted by molar-refractivity contribution is -0.142. The van der Waals surface area contributed by atoms with Crippen LogP contribution in [0.15, 0.2) is 48.9 Å². The highest BCUT2D eigenvalue weighted by Gasteiger charge is 2.26. The van der Waals surface area contributed by atoms with E-state index < -0.39 is 23.7 Å². The number of methoxy groups -OCH3 is 1. The van der Waals surface area contributed by atoms with E-state index in [1.54, 1.807) is 40.9 Å². The molecule has 0 aliphatic rings. The summed E-state index contributed by atoms with van der Waals surface area (Å²) in [5.74, 6) is -0.641. The number of carbonyl (C=O) groups excluding carboxylic acids is 2. The molecule has 2 aromatic heterocycles. The Kier molecular flexibility index (Phi) is 7.17. The standard InChI is InChI=1S/C20H20ClFN4O3S/c1-29-20(28)16(7-10-30-2)24-18(27)14-12-23-26(19(14)25-8-3-4-9-25)17-6-5-13(21)11-15(17)22/h3-6,8-9,11-12,16H,7,10H2,1-2H3,(H,24,27)/t16-/m1/s1. The Hall–Kier alpha value is -2.78. The van der Waals surface area contributed by atoms with Gasteiger partial charge in [0.05, 0.1) is 13.3 Å². The largest absolute Gasteiger partial charge is 0.467 e. The number of amides is 1. The molecular formula is C20H20ClFN4O3S. The highest BCUT2D eigenvalue weighted by Crippen LogP contribution is 2.24. The minimum Gasteiger partial charge on any atom is -0.467 e. The van der Waals surface area contributed by atoms with E-state index in [0.29, 0.717) is 18.0 Å². The topological polar surface area (TPSA) is 78.2 Å². The number of aromatic nitrogens is 3. The summed E-state index contributed by atoms with van der Waals surface area (Å²) < 4.78 is 22.3. The first-order valence-electron chi connectivity index (χ1n) is 9.00. The van der Waals surface area contributed by atoms with Crippen molar-refractivity contribution in [1.29, 1.82) is 0 Å². The van der Waals surface area contributed by atoms with Gasteiger partial charge in [-0.3, -0.25) is 4.79 Å². The summed E-state index contributed by atoms with van der Waals surface area (Å²) in [7, 11) is 1.27. The number of thioether (sulfide) groups is 1. The van der Waals surface area contributed by atoms with Gasteiger partial charge in [-0.2, -0.15) is 16.9 Å². The monoisotopic (exact) mass is 450 g/mol. The van der Waals surface area contributed by atoms with Gasteiger partial charge in [0.15, 0.2) is 5.82 Å². The first kappa shape index (κ1) is 21.9. The zero-order chi connectivity index (χ0) is 21.7. The van der Waals surface area contributed by atoms with Crippen LogP contribution in [0.3, 0.4) is 0 Å². The van der Waals surface area contributed by atoms with Crippen molar-refractivity contribution in [3.8, 4) is 11.5 Å². The maximum Gasteiger partial charge on any atom is 0.328 e. The average Bonchev–Trinajstić information content (AvgIpc) is 3.39. The summed E-state index contributed by atoms with van der Waals surface area (Å²) >= 11 is 7.41. The molecule has 0 saturated carbocycles. The molecule has 0 aliphatic heterocycles. The second-order valence-corrected chi connectivity index (χ2v) is 7.73. The molecule has 30 heavy (non-hydrogen) atoms. The van der Waals surface area contributed by atoms with Gasteiger partial charge in [-0.1, -0.05) is 11.6 Å². The molecule has 0 radical (unpaired) electrons. The summed E-state index contributed by atoms with van der Waals surface area (Å²) in [6, 6.07) is 6.93. The number of benzene rings is 1. The van der Waals surface area contributed by atoms with Crippen LogP contribution in [0.4, 0.5) is 4.39 Å². The van der Waals surface area contributed by atoms with Crippen molar-refractivity contribution < 1.29 is 18.7 Å². The fraction of sp³-hybridized carbons (Fsp3) is 0.250. The highest BCUT2D eigenvalue weighted by molar-refractivity contribution is 7.98. The zero-order valence-electron chi connectivity index (χ0n) is 16.3. The minimum atomic E-state index is -0.803. The van der Waals surface area contributed by atoms with Gasteiger partial charge in [-0.15, -0.1) is 0 Å². The fourth-order valence-corrected chi connectivity index (χ4v) is 3.55. The summed E-state index contributed by atoms with van der Waals surface area (Å²) in [6.45, 7) is 0. The van der Waals surface area contributed by atoms with Crippen LogP contribution in [0.5, 0.6) is 0 Å². The van der Waals surface area contributed by atoms with E-state index >= 15 is 0 Å². The molecule has 0 aliphatic carbocycles. The van der Waals surface area contributed by atoms with Crippen molar-refractivity contribution in [2.24, 2.45) is 0 Å². The predicted molar refractivity (Wildman–Crippen MR) is 114 cm³/mol. The number of rotatable bonds is 8. The second kappa shape index (κ2) is 9.82. The minimum absolute atomic E-state index is 0.133. The van der Waals surface area contributed by atoms with Crippen LogP contribution in [0.1, 0.15) is 16.8 Å². The number of carbonyl (C=O) groups is 2. The van der Waals surface area contributed by atoms with Crippen LogP contribution in [0.25, 0.3) is 11.5 Å². The molecule has 1 aromatic carbocycles. The average molecular weight is 451 g/mol. The van der Waals surface area contributed by atoms with Crippen molar-refractivity contribution >= 4 is 35.2 Å². The molecule has 0 bridgehead atoms. The molecule has 0 saturated heterocycles. The Bertz CT molecular complexity index is 1040. The molecule has 3 rings (SSSR count). The number of nitrogens with zero attached hydrogens (tertiary/aromatic N) is 3. The van der Waals surface area contributed by atoms with Crippen LogP contribution in [0, 0.1) is 5.82 Å². The normalized spacial score (nSPS) is 11.9. The van der Waals surface area contributed by atoms with Gasteiger partial charge in [0.25, 0.3) is 5.91 Å². The van der Waals surface area contributed by atoms with E-state index in [1.807, 2.05) is 6.26 Å². The van der Waals surface area contributed by atoms with Crippen LogP contribution in [-0.2, 0) is 9.53 Å². The van der Waals surface area contributed by atoms with E-state index in [2.05, 4.69) is 10.4 Å². The zero-order valence-corrected chi connectivity index (χ0v) is 17.9. The molecule has 2 heterocycles. The van der Waals surface area contributed by atoms with E-state index in [0.717, 1.165) is 0 Å². The highest BCUT2D eigenvalue weighted by atomic mass is 35.5. The summed E-state index contributed by atoms with van der Waals surface area (Å²) in [4.78, 5) is 25.1.